The predicted molar refractivity (Wildman–Crippen MR) is 185 cm³/mol. The Morgan fingerprint density at radius 2 is 0.826 bits per heavy atom. The van der Waals surface area contributed by atoms with Gasteiger partial charge in [-0.3, -0.25) is 0 Å². The number of thiol groups is 3. The Labute approximate surface area is 307 Å². The smallest absolute Gasteiger partial charge is 0.0542 e. The van der Waals surface area contributed by atoms with E-state index in [1.807, 2.05) is 0 Å². The van der Waals surface area contributed by atoms with E-state index in [0.29, 0.717) is 71.9 Å². The summed E-state index contributed by atoms with van der Waals surface area (Å²) in [5.41, 5.74) is 0. The van der Waals surface area contributed by atoms with Gasteiger partial charge < -0.3 is 43.9 Å². The molecule has 0 aromatic heterocycles. The monoisotopic (exact) mass is 822 g/mol. The summed E-state index contributed by atoms with van der Waals surface area (Å²) in [6, 6.07) is 0. The van der Waals surface area contributed by atoms with Crippen molar-refractivity contribution in [1.82, 2.24) is 0 Å². The van der Waals surface area contributed by atoms with Gasteiger partial charge >= 0.3 is 75.3 Å². The fourth-order valence-corrected chi connectivity index (χ4v) is 3.39. The number of hydrogen-bond donors (Lipinski definition) is 3. The van der Waals surface area contributed by atoms with Gasteiger partial charge in [0, 0.05) is 55.4 Å². The van der Waals surface area contributed by atoms with Gasteiger partial charge in [0.15, 0.2) is 0 Å². The molecular formula is C31H58O11S3Sn. The van der Waals surface area contributed by atoms with Crippen molar-refractivity contribution in [3.05, 3.63) is 0 Å². The van der Waals surface area contributed by atoms with E-state index in [1.165, 1.54) is 22.5 Å². The summed E-state index contributed by atoms with van der Waals surface area (Å²) in [4.78, 5) is 41.2. The van der Waals surface area contributed by atoms with Crippen molar-refractivity contribution in [2.24, 2.45) is 0 Å². The van der Waals surface area contributed by atoms with Crippen molar-refractivity contribution in [2.45, 2.75) is 125 Å². The van der Waals surface area contributed by atoms with Gasteiger partial charge in [-0.1, -0.05) is 40.0 Å². The molecule has 0 saturated heterocycles. The van der Waals surface area contributed by atoms with E-state index >= 15 is 0 Å². The molecule has 0 rings (SSSR count). The summed E-state index contributed by atoms with van der Waals surface area (Å²) < 4.78 is 21.3. The zero-order valence-corrected chi connectivity index (χ0v) is 33.7. The van der Waals surface area contributed by atoms with E-state index in [4.69, 9.17) is 18.9 Å². The van der Waals surface area contributed by atoms with Crippen molar-refractivity contribution >= 4 is 84.3 Å². The molecule has 0 aliphatic rings. The molecule has 3 unspecified atom stereocenters. The third-order valence-electron chi connectivity index (χ3n) is 5.44. The van der Waals surface area contributed by atoms with E-state index in [0.717, 1.165) is 55.8 Å². The van der Waals surface area contributed by atoms with E-state index in [-0.39, 0.29) is 5.97 Å². The molecular weight excluding hydrogens is 763 g/mol. The topological polar surface area (TPSA) is 174 Å². The van der Waals surface area contributed by atoms with Gasteiger partial charge in [-0.15, -0.1) is 0 Å². The predicted octanol–water partition coefficient (Wildman–Crippen LogP) is 2.03. The van der Waals surface area contributed by atoms with Gasteiger partial charge in [0.1, 0.15) is 0 Å². The molecule has 0 amide bonds. The third-order valence-corrected chi connectivity index (χ3v) is 7.56. The van der Waals surface area contributed by atoms with Gasteiger partial charge in [0.25, 0.3) is 0 Å². The minimum Gasteiger partial charge on any atom is -0.549 e. The molecule has 3 atom stereocenters. The number of hydrogen-bond acceptors (Lipinski definition) is 14. The van der Waals surface area contributed by atoms with Crippen LogP contribution >= 0.6 is 37.9 Å². The van der Waals surface area contributed by atoms with Crippen LogP contribution in [0.15, 0.2) is 0 Å². The third kappa shape index (κ3) is 48.0. The molecule has 0 aliphatic heterocycles. The van der Waals surface area contributed by atoms with Crippen molar-refractivity contribution < 1.29 is 53.4 Å². The first-order valence-electron chi connectivity index (χ1n) is 16.1. The second-order valence-electron chi connectivity index (χ2n) is 9.84. The van der Waals surface area contributed by atoms with Crippen molar-refractivity contribution in [2.75, 3.05) is 46.2 Å². The average molecular weight is 822 g/mol. The number of aliphatic carboxylic acids is 3. The van der Waals surface area contributed by atoms with Crippen molar-refractivity contribution in [1.29, 1.82) is 0 Å². The number of ether oxygens (including phenoxy) is 4. The molecule has 0 aromatic carbocycles. The quantitative estimate of drug-likeness (QED) is 0.0505. The van der Waals surface area contributed by atoms with Gasteiger partial charge in [-0.05, 0) is 38.5 Å². The summed E-state index contributed by atoms with van der Waals surface area (Å²) in [6.45, 7) is 12.3. The second-order valence-corrected chi connectivity index (χ2v) is 13.1. The minimum absolute atomic E-state index is 0.0368. The molecule has 270 valence electrons. The van der Waals surface area contributed by atoms with Crippen LogP contribution in [-0.4, -0.2) is 108 Å². The molecule has 0 heterocycles. The number of carbonyl (C=O) groups excluding carboxylic acids is 4. The van der Waals surface area contributed by atoms with E-state index in [9.17, 15) is 34.5 Å². The van der Waals surface area contributed by atoms with Crippen LogP contribution in [0, 0.1) is 0 Å². The van der Waals surface area contributed by atoms with Crippen LogP contribution in [0.4, 0.5) is 0 Å². The number of carbonyl (C=O) groups is 4. The van der Waals surface area contributed by atoms with Crippen molar-refractivity contribution in [3.63, 3.8) is 0 Å². The Morgan fingerprint density at radius 1 is 0.543 bits per heavy atom. The summed E-state index contributed by atoms with van der Waals surface area (Å²) >= 11 is 12.8. The minimum atomic E-state index is -1.13. The maximum absolute atomic E-state index is 10.7. The molecule has 0 fully saturated rings. The Hall–Kier alpha value is -0.391. The normalized spacial score (nSPS) is 12.1. The van der Waals surface area contributed by atoms with Gasteiger partial charge in [-0.25, -0.2) is 0 Å². The summed E-state index contributed by atoms with van der Waals surface area (Å²) in [5, 5.41) is 28.4. The van der Waals surface area contributed by atoms with Crippen LogP contribution in [-0.2, 0) is 38.1 Å². The number of unbranched alkanes of at least 4 members (excludes halogenated alkanes) is 4. The van der Waals surface area contributed by atoms with Crippen molar-refractivity contribution in [3.8, 4) is 0 Å². The average Bonchev–Trinajstić information content (AvgIpc) is 3.01. The number of esters is 1. The van der Waals surface area contributed by atoms with E-state index < -0.39 is 33.7 Å². The van der Waals surface area contributed by atoms with Gasteiger partial charge in [0.05, 0.1) is 17.9 Å². The molecule has 0 spiro atoms. The Kier molecular flexibility index (Phi) is 48.6. The SMILES string of the molecule is CCCCOC(=O)C[CH2][Sn+3].CCCCOCCC(S)C(=O)[O-].CCCCOCCC(S)C(=O)[O-].CCCCOCCC(S)C(=O)[O-]. The summed E-state index contributed by atoms with van der Waals surface area (Å²) in [7, 11) is 0. The van der Waals surface area contributed by atoms with Crippen LogP contribution in [0.1, 0.15) is 105 Å². The second kappa shape index (κ2) is 42.6. The maximum atomic E-state index is 10.7. The van der Waals surface area contributed by atoms with Crippen LogP contribution in [0.5, 0.6) is 0 Å². The van der Waals surface area contributed by atoms with Crippen LogP contribution in [0.3, 0.4) is 0 Å². The van der Waals surface area contributed by atoms with E-state index in [1.54, 1.807) is 0 Å². The molecule has 0 aromatic rings. The van der Waals surface area contributed by atoms with Crippen LogP contribution in [0.2, 0.25) is 4.44 Å². The zero-order valence-electron chi connectivity index (χ0n) is 28.2. The fourth-order valence-electron chi connectivity index (χ4n) is 2.49. The zero-order chi connectivity index (χ0) is 36.0. The fraction of sp³-hybridized carbons (Fsp3) is 0.871. The summed E-state index contributed by atoms with van der Waals surface area (Å²) in [5.74, 6) is -3.42. The first-order valence-corrected chi connectivity index (χ1v) is 19.6. The van der Waals surface area contributed by atoms with Crippen LogP contribution in [0.25, 0.3) is 0 Å². The molecule has 0 N–H and O–H groups in total. The molecule has 0 saturated carbocycles. The molecule has 0 radical (unpaired) electrons. The molecule has 15 heteroatoms. The van der Waals surface area contributed by atoms with Gasteiger partial charge in [-0.2, -0.15) is 37.9 Å². The first kappa shape index (κ1) is 52.4. The Bertz CT molecular complexity index is 635. The Balaban J connectivity index is -0.000000256. The first-order chi connectivity index (χ1) is 21.9. The maximum Gasteiger partial charge on any atom is 0.0542 e. The number of carboxylic acid groups (broad SMARTS) is 3. The molecule has 0 bridgehead atoms. The molecule has 0 aliphatic carbocycles. The standard InChI is InChI=1S/3C8H16O3S.C7H13O2.Sn/c3*1-2-3-5-11-6-4-7(12)8(9)10;1-3-5-6-9-7(8)4-2;/h3*7,12H,2-6H2,1H3,(H,9,10);2-6H2,1H3;/q;;;;+3/p-3. The summed E-state index contributed by atoms with van der Waals surface area (Å²) in [6.07, 6.45) is 10.2. The van der Waals surface area contributed by atoms with Gasteiger partial charge in [0.2, 0.25) is 0 Å². The Morgan fingerprint density at radius 3 is 1.07 bits per heavy atom. The number of carboxylic acids is 3. The van der Waals surface area contributed by atoms with E-state index in [2.05, 4.69) is 65.6 Å². The molecule has 11 nitrogen and oxygen atoms in total. The number of rotatable bonds is 26. The molecule has 46 heavy (non-hydrogen) atoms. The largest absolute Gasteiger partial charge is 0.549 e. The van der Waals surface area contributed by atoms with Crippen LogP contribution < -0.4 is 15.3 Å².